The Hall–Kier alpha value is -1.95. The van der Waals surface area contributed by atoms with Gasteiger partial charge in [-0.3, -0.25) is 0 Å². The number of hydrogen-bond acceptors (Lipinski definition) is 6. The number of benzene rings is 1. The number of nitrogens with one attached hydrogen (secondary N) is 1. The molecule has 0 fully saturated rings. The monoisotopic (exact) mass is 274 g/mol. The summed E-state index contributed by atoms with van der Waals surface area (Å²) in [7, 11) is 0. The molecule has 2 aromatic heterocycles. The lowest BCUT2D eigenvalue weighted by Gasteiger charge is -2.10. The molecule has 1 unspecified atom stereocenters. The Morgan fingerprint density at radius 1 is 1.26 bits per heavy atom. The SMILES string of the molecule is Cc1noc(C(C)Nc2ccc3nc(C)sc3c2)n1. The van der Waals surface area contributed by atoms with Crippen LogP contribution in [0.1, 0.15) is 29.7 Å². The van der Waals surface area contributed by atoms with Gasteiger partial charge in [-0.1, -0.05) is 5.16 Å². The fourth-order valence-corrected chi connectivity index (χ4v) is 2.80. The van der Waals surface area contributed by atoms with Crippen LogP contribution in [-0.2, 0) is 0 Å². The summed E-state index contributed by atoms with van der Waals surface area (Å²) in [5, 5.41) is 8.23. The van der Waals surface area contributed by atoms with Gasteiger partial charge in [0.2, 0.25) is 5.89 Å². The quantitative estimate of drug-likeness (QED) is 0.792. The van der Waals surface area contributed by atoms with Crippen molar-refractivity contribution >= 4 is 27.2 Å². The van der Waals surface area contributed by atoms with Crippen LogP contribution < -0.4 is 5.32 Å². The zero-order valence-electron chi connectivity index (χ0n) is 11.0. The molecule has 6 heteroatoms. The van der Waals surface area contributed by atoms with Crippen LogP contribution in [-0.4, -0.2) is 15.1 Å². The molecule has 0 saturated heterocycles. The molecule has 5 nitrogen and oxygen atoms in total. The first-order valence-electron chi connectivity index (χ1n) is 6.06. The van der Waals surface area contributed by atoms with E-state index in [-0.39, 0.29) is 6.04 Å². The fourth-order valence-electron chi connectivity index (χ4n) is 1.93. The maximum Gasteiger partial charge on any atom is 0.248 e. The van der Waals surface area contributed by atoms with Gasteiger partial charge in [-0.05, 0) is 39.0 Å². The smallest absolute Gasteiger partial charge is 0.248 e. The Balaban J connectivity index is 1.84. The molecule has 3 aromatic rings. The minimum atomic E-state index is -0.0207. The number of aryl methyl sites for hydroxylation is 2. The van der Waals surface area contributed by atoms with Crippen LogP contribution in [0.4, 0.5) is 5.69 Å². The highest BCUT2D eigenvalue weighted by Crippen LogP contribution is 2.26. The number of anilines is 1. The van der Waals surface area contributed by atoms with E-state index in [4.69, 9.17) is 4.52 Å². The second kappa shape index (κ2) is 4.62. The molecule has 1 N–H and O–H groups in total. The van der Waals surface area contributed by atoms with Crippen molar-refractivity contribution in [3.8, 4) is 0 Å². The highest BCUT2D eigenvalue weighted by molar-refractivity contribution is 7.18. The van der Waals surface area contributed by atoms with Gasteiger partial charge in [0.05, 0.1) is 15.2 Å². The van der Waals surface area contributed by atoms with Crippen molar-refractivity contribution in [2.45, 2.75) is 26.8 Å². The Morgan fingerprint density at radius 3 is 2.84 bits per heavy atom. The minimum Gasteiger partial charge on any atom is -0.374 e. The Kier molecular flexibility index (Phi) is 2.94. The first kappa shape index (κ1) is 12.1. The van der Waals surface area contributed by atoms with E-state index in [1.807, 2.05) is 32.9 Å². The van der Waals surface area contributed by atoms with E-state index < -0.39 is 0 Å². The van der Waals surface area contributed by atoms with Crippen molar-refractivity contribution in [1.29, 1.82) is 0 Å². The lowest BCUT2D eigenvalue weighted by molar-refractivity contribution is 0.364. The van der Waals surface area contributed by atoms with E-state index in [0.717, 1.165) is 16.2 Å². The molecule has 0 radical (unpaired) electrons. The van der Waals surface area contributed by atoms with Crippen molar-refractivity contribution in [3.63, 3.8) is 0 Å². The third-order valence-electron chi connectivity index (χ3n) is 2.79. The lowest BCUT2D eigenvalue weighted by Crippen LogP contribution is -2.06. The van der Waals surface area contributed by atoms with Crippen molar-refractivity contribution < 1.29 is 4.52 Å². The first-order valence-corrected chi connectivity index (χ1v) is 6.87. The molecule has 0 saturated carbocycles. The summed E-state index contributed by atoms with van der Waals surface area (Å²) in [6.45, 7) is 5.82. The number of thiazole rings is 1. The number of rotatable bonds is 3. The Labute approximate surface area is 114 Å². The normalized spacial score (nSPS) is 12.8. The summed E-state index contributed by atoms with van der Waals surface area (Å²) in [4.78, 5) is 8.67. The molecule has 19 heavy (non-hydrogen) atoms. The zero-order valence-corrected chi connectivity index (χ0v) is 11.8. The van der Waals surface area contributed by atoms with E-state index in [2.05, 4.69) is 26.5 Å². The zero-order chi connectivity index (χ0) is 13.4. The van der Waals surface area contributed by atoms with Crippen molar-refractivity contribution in [2.75, 3.05) is 5.32 Å². The van der Waals surface area contributed by atoms with E-state index in [0.29, 0.717) is 11.7 Å². The minimum absolute atomic E-state index is 0.0207. The van der Waals surface area contributed by atoms with Crippen molar-refractivity contribution in [1.82, 2.24) is 15.1 Å². The maximum atomic E-state index is 5.16. The molecule has 0 spiro atoms. The van der Waals surface area contributed by atoms with E-state index in [9.17, 15) is 0 Å². The highest BCUT2D eigenvalue weighted by Gasteiger charge is 2.13. The molecular weight excluding hydrogens is 260 g/mol. The molecular formula is C13H14N4OS. The summed E-state index contributed by atoms with van der Waals surface area (Å²) in [6, 6.07) is 6.11. The Morgan fingerprint density at radius 2 is 2.11 bits per heavy atom. The van der Waals surface area contributed by atoms with Crippen LogP contribution >= 0.6 is 11.3 Å². The summed E-state index contributed by atoms with van der Waals surface area (Å²) < 4.78 is 6.33. The molecule has 0 amide bonds. The molecule has 1 aromatic carbocycles. The summed E-state index contributed by atoms with van der Waals surface area (Å²) in [5.41, 5.74) is 2.06. The maximum absolute atomic E-state index is 5.16. The third-order valence-corrected chi connectivity index (χ3v) is 3.73. The average molecular weight is 274 g/mol. The van der Waals surface area contributed by atoms with Gasteiger partial charge in [-0.2, -0.15) is 4.98 Å². The van der Waals surface area contributed by atoms with Gasteiger partial charge in [-0.25, -0.2) is 4.98 Å². The van der Waals surface area contributed by atoms with Gasteiger partial charge in [-0.15, -0.1) is 11.3 Å². The second-order valence-corrected chi connectivity index (χ2v) is 5.70. The number of nitrogens with zero attached hydrogens (tertiary/aromatic N) is 3. The van der Waals surface area contributed by atoms with Gasteiger partial charge in [0.15, 0.2) is 5.82 Å². The lowest BCUT2D eigenvalue weighted by atomic mass is 10.2. The Bertz CT molecular complexity index is 718. The van der Waals surface area contributed by atoms with Gasteiger partial charge < -0.3 is 9.84 Å². The number of fused-ring (bicyclic) bond motifs is 1. The average Bonchev–Trinajstić information content (AvgIpc) is 2.93. The van der Waals surface area contributed by atoms with Gasteiger partial charge in [0.1, 0.15) is 6.04 Å². The molecule has 3 rings (SSSR count). The second-order valence-electron chi connectivity index (χ2n) is 4.46. The molecule has 2 heterocycles. The van der Waals surface area contributed by atoms with Crippen LogP contribution in [0.5, 0.6) is 0 Å². The fraction of sp³-hybridized carbons (Fsp3) is 0.308. The van der Waals surface area contributed by atoms with E-state index in [1.54, 1.807) is 11.3 Å². The van der Waals surface area contributed by atoms with Crippen LogP contribution in [0.25, 0.3) is 10.2 Å². The van der Waals surface area contributed by atoms with Crippen LogP contribution in [0.3, 0.4) is 0 Å². The van der Waals surface area contributed by atoms with Crippen LogP contribution in [0.15, 0.2) is 22.7 Å². The molecule has 0 aliphatic carbocycles. The van der Waals surface area contributed by atoms with Gasteiger partial charge in [0.25, 0.3) is 0 Å². The standard InChI is InChI=1S/C13H14N4OS/c1-7(13-15-8(2)17-18-13)14-10-4-5-11-12(6-10)19-9(3)16-11/h4-7,14H,1-3H3. The van der Waals surface area contributed by atoms with Crippen molar-refractivity contribution in [2.24, 2.45) is 0 Å². The topological polar surface area (TPSA) is 63.8 Å². The summed E-state index contributed by atoms with van der Waals surface area (Å²) in [5.74, 6) is 1.25. The first-order chi connectivity index (χ1) is 9.11. The predicted octanol–water partition coefficient (Wildman–Crippen LogP) is 3.47. The summed E-state index contributed by atoms with van der Waals surface area (Å²) >= 11 is 1.69. The van der Waals surface area contributed by atoms with Gasteiger partial charge in [0, 0.05) is 5.69 Å². The van der Waals surface area contributed by atoms with Crippen LogP contribution in [0.2, 0.25) is 0 Å². The molecule has 0 aliphatic heterocycles. The molecule has 1 atom stereocenters. The summed E-state index contributed by atoms with van der Waals surface area (Å²) in [6.07, 6.45) is 0. The number of hydrogen-bond donors (Lipinski definition) is 1. The predicted molar refractivity (Wildman–Crippen MR) is 75.4 cm³/mol. The van der Waals surface area contributed by atoms with Crippen molar-refractivity contribution in [3.05, 3.63) is 34.9 Å². The molecule has 0 bridgehead atoms. The molecule has 98 valence electrons. The highest BCUT2D eigenvalue weighted by atomic mass is 32.1. The molecule has 0 aliphatic rings. The number of aromatic nitrogens is 3. The largest absolute Gasteiger partial charge is 0.374 e. The van der Waals surface area contributed by atoms with E-state index in [1.165, 1.54) is 4.70 Å². The third kappa shape index (κ3) is 2.44. The van der Waals surface area contributed by atoms with Gasteiger partial charge >= 0.3 is 0 Å². The van der Waals surface area contributed by atoms with E-state index >= 15 is 0 Å². The van der Waals surface area contributed by atoms with Crippen LogP contribution in [0, 0.1) is 13.8 Å².